The fraction of sp³-hybridized carbons (Fsp3) is 0.308. The van der Waals surface area contributed by atoms with Crippen molar-refractivity contribution < 1.29 is 13.9 Å². The Morgan fingerprint density at radius 1 is 1.50 bits per heavy atom. The maximum absolute atomic E-state index is 13.8. The number of alkyl halides is 1. The van der Waals surface area contributed by atoms with E-state index in [-0.39, 0.29) is 6.61 Å². The number of H-pyrrole nitrogens is 1. The largest absolute Gasteiger partial charge is 0.464 e. The van der Waals surface area contributed by atoms with Gasteiger partial charge in [0.1, 0.15) is 0 Å². The van der Waals surface area contributed by atoms with Crippen LogP contribution in [0.25, 0.3) is 10.9 Å². The van der Waals surface area contributed by atoms with Gasteiger partial charge in [-0.25, -0.2) is 9.18 Å². The third kappa shape index (κ3) is 2.36. The van der Waals surface area contributed by atoms with E-state index in [1.165, 1.54) is 0 Å². The topological polar surface area (TPSA) is 68.1 Å². The predicted molar refractivity (Wildman–Crippen MR) is 66.8 cm³/mol. The number of aromatic amines is 1. The molecule has 0 saturated heterocycles. The van der Waals surface area contributed by atoms with Gasteiger partial charge in [-0.2, -0.15) is 0 Å². The highest BCUT2D eigenvalue weighted by Gasteiger charge is 2.27. The Morgan fingerprint density at radius 2 is 2.28 bits per heavy atom. The molecule has 0 bridgehead atoms. The van der Waals surface area contributed by atoms with E-state index in [1.807, 2.05) is 12.1 Å². The van der Waals surface area contributed by atoms with E-state index in [1.54, 1.807) is 25.3 Å². The van der Waals surface area contributed by atoms with Crippen LogP contribution in [0.4, 0.5) is 4.39 Å². The molecule has 0 aliphatic heterocycles. The van der Waals surface area contributed by atoms with Crippen LogP contribution in [0, 0.1) is 0 Å². The van der Waals surface area contributed by atoms with Crippen LogP contribution in [-0.4, -0.2) is 23.7 Å². The van der Waals surface area contributed by atoms with Gasteiger partial charge in [0.25, 0.3) is 0 Å². The molecule has 0 aliphatic rings. The van der Waals surface area contributed by atoms with Gasteiger partial charge < -0.3 is 15.5 Å². The summed E-state index contributed by atoms with van der Waals surface area (Å²) in [6.45, 7) is 1.77. The summed E-state index contributed by atoms with van der Waals surface area (Å²) in [5.41, 5.74) is 7.26. The lowest BCUT2D eigenvalue weighted by Crippen LogP contribution is -2.31. The molecular formula is C13H15FN2O2. The molecule has 4 nitrogen and oxygen atoms in total. The van der Waals surface area contributed by atoms with Crippen molar-refractivity contribution in [3.63, 3.8) is 0 Å². The number of aromatic nitrogens is 1. The van der Waals surface area contributed by atoms with Crippen LogP contribution in [0.5, 0.6) is 0 Å². The van der Waals surface area contributed by atoms with Crippen molar-refractivity contribution in [1.82, 2.24) is 4.98 Å². The zero-order chi connectivity index (χ0) is 13.1. The van der Waals surface area contributed by atoms with E-state index >= 15 is 0 Å². The number of esters is 1. The van der Waals surface area contributed by atoms with E-state index in [0.29, 0.717) is 5.56 Å². The molecule has 0 fully saturated rings. The third-order valence-electron chi connectivity index (χ3n) is 2.79. The highest BCUT2D eigenvalue weighted by Crippen LogP contribution is 2.22. The van der Waals surface area contributed by atoms with Crippen LogP contribution in [-0.2, 0) is 9.53 Å². The molecule has 1 unspecified atom stereocenters. The first-order valence-electron chi connectivity index (χ1n) is 5.76. The molecule has 0 amide bonds. The molecule has 1 heterocycles. The first kappa shape index (κ1) is 12.6. The van der Waals surface area contributed by atoms with Gasteiger partial charge >= 0.3 is 5.97 Å². The SMILES string of the molecule is CCOC(=O)C(F)[C@@H](N)c1ccc2[nH]ccc2c1. The van der Waals surface area contributed by atoms with Crippen molar-refractivity contribution in [3.05, 3.63) is 36.0 Å². The van der Waals surface area contributed by atoms with Crippen LogP contribution in [0.1, 0.15) is 18.5 Å². The summed E-state index contributed by atoms with van der Waals surface area (Å²) >= 11 is 0. The lowest BCUT2D eigenvalue weighted by atomic mass is 10.0. The number of carbonyl (C=O) groups is 1. The zero-order valence-corrected chi connectivity index (χ0v) is 10.0. The number of carbonyl (C=O) groups excluding carboxylic acids is 1. The number of halogens is 1. The number of hydrogen-bond donors (Lipinski definition) is 2. The van der Waals surface area contributed by atoms with Crippen molar-refractivity contribution in [2.45, 2.75) is 19.1 Å². The smallest absolute Gasteiger partial charge is 0.342 e. The van der Waals surface area contributed by atoms with E-state index in [4.69, 9.17) is 5.73 Å². The molecule has 0 saturated carbocycles. The number of nitrogens with one attached hydrogen (secondary N) is 1. The molecule has 18 heavy (non-hydrogen) atoms. The van der Waals surface area contributed by atoms with E-state index in [0.717, 1.165) is 10.9 Å². The van der Waals surface area contributed by atoms with Crippen molar-refractivity contribution in [2.75, 3.05) is 6.61 Å². The number of hydrogen-bond acceptors (Lipinski definition) is 3. The molecule has 0 aliphatic carbocycles. The van der Waals surface area contributed by atoms with Gasteiger partial charge in [-0.15, -0.1) is 0 Å². The van der Waals surface area contributed by atoms with Gasteiger partial charge in [-0.05, 0) is 36.1 Å². The van der Waals surface area contributed by atoms with Gasteiger partial charge in [0.15, 0.2) is 0 Å². The van der Waals surface area contributed by atoms with Gasteiger partial charge in [0.2, 0.25) is 6.17 Å². The average molecular weight is 250 g/mol. The van der Waals surface area contributed by atoms with E-state index in [2.05, 4.69) is 9.72 Å². The minimum absolute atomic E-state index is 0.142. The summed E-state index contributed by atoms with van der Waals surface area (Å²) in [5.74, 6) is -0.917. The Balaban J connectivity index is 2.21. The monoisotopic (exact) mass is 250 g/mol. The maximum Gasteiger partial charge on any atom is 0.342 e. The summed E-state index contributed by atoms with van der Waals surface area (Å²) in [5, 5.41) is 0.930. The second-order valence-corrected chi connectivity index (χ2v) is 4.00. The minimum atomic E-state index is -1.85. The summed E-state index contributed by atoms with van der Waals surface area (Å²) in [4.78, 5) is 14.3. The normalized spacial score (nSPS) is 14.4. The molecule has 1 aromatic heterocycles. The van der Waals surface area contributed by atoms with Crippen LogP contribution >= 0.6 is 0 Å². The van der Waals surface area contributed by atoms with Crippen LogP contribution in [0.15, 0.2) is 30.5 Å². The van der Waals surface area contributed by atoms with Gasteiger partial charge in [0, 0.05) is 11.7 Å². The second-order valence-electron chi connectivity index (χ2n) is 4.00. The predicted octanol–water partition coefficient (Wildman–Crippen LogP) is 2.07. The summed E-state index contributed by atoms with van der Waals surface area (Å²) in [7, 11) is 0. The van der Waals surface area contributed by atoms with E-state index < -0.39 is 18.2 Å². The number of benzene rings is 1. The van der Waals surface area contributed by atoms with Crippen molar-refractivity contribution in [1.29, 1.82) is 0 Å². The number of rotatable bonds is 4. The fourth-order valence-electron chi connectivity index (χ4n) is 1.82. The Morgan fingerprint density at radius 3 is 3.00 bits per heavy atom. The molecular weight excluding hydrogens is 235 g/mol. The van der Waals surface area contributed by atoms with Crippen molar-refractivity contribution >= 4 is 16.9 Å². The minimum Gasteiger partial charge on any atom is -0.464 e. The first-order valence-corrected chi connectivity index (χ1v) is 5.76. The number of nitrogens with two attached hydrogens (primary N) is 1. The number of ether oxygens (including phenoxy) is 1. The summed E-state index contributed by atoms with van der Waals surface area (Å²) in [6.07, 6.45) is -0.0561. The van der Waals surface area contributed by atoms with Crippen molar-refractivity contribution in [2.24, 2.45) is 5.73 Å². The zero-order valence-electron chi connectivity index (χ0n) is 10.0. The highest BCUT2D eigenvalue weighted by molar-refractivity contribution is 5.81. The standard InChI is InChI=1S/C13H15FN2O2/c1-2-18-13(17)11(14)12(15)9-3-4-10-8(7-9)5-6-16-10/h3-7,11-12,16H,2,15H2,1H3/t11?,12-/m0/s1. The molecule has 0 spiro atoms. The third-order valence-corrected chi connectivity index (χ3v) is 2.79. The molecule has 3 N–H and O–H groups in total. The Kier molecular flexibility index (Phi) is 3.62. The molecule has 2 rings (SSSR count). The van der Waals surface area contributed by atoms with Gasteiger partial charge in [0.05, 0.1) is 12.6 Å². The Labute approximate surface area is 104 Å². The Bertz CT molecular complexity index is 553. The van der Waals surface area contributed by atoms with Crippen LogP contribution in [0.2, 0.25) is 0 Å². The molecule has 1 aromatic carbocycles. The quantitative estimate of drug-likeness (QED) is 0.816. The first-order chi connectivity index (χ1) is 8.63. The van der Waals surface area contributed by atoms with E-state index in [9.17, 15) is 9.18 Å². The van der Waals surface area contributed by atoms with Crippen molar-refractivity contribution in [3.8, 4) is 0 Å². The average Bonchev–Trinajstić information content (AvgIpc) is 2.84. The lowest BCUT2D eigenvalue weighted by molar-refractivity contribution is -0.149. The Hall–Kier alpha value is -1.88. The lowest BCUT2D eigenvalue weighted by Gasteiger charge is -2.15. The van der Waals surface area contributed by atoms with Gasteiger partial charge in [-0.3, -0.25) is 0 Å². The van der Waals surface area contributed by atoms with Crippen LogP contribution in [0.3, 0.4) is 0 Å². The molecule has 2 aromatic rings. The molecule has 0 radical (unpaired) electrons. The summed E-state index contributed by atoms with van der Waals surface area (Å²) < 4.78 is 18.4. The summed E-state index contributed by atoms with van der Waals surface area (Å²) in [6, 6.07) is 6.13. The number of fused-ring (bicyclic) bond motifs is 1. The highest BCUT2D eigenvalue weighted by atomic mass is 19.1. The maximum atomic E-state index is 13.8. The second kappa shape index (κ2) is 5.18. The molecule has 2 atom stereocenters. The van der Waals surface area contributed by atoms with Crippen LogP contribution < -0.4 is 5.73 Å². The fourth-order valence-corrected chi connectivity index (χ4v) is 1.82. The van der Waals surface area contributed by atoms with Gasteiger partial charge in [-0.1, -0.05) is 6.07 Å². The molecule has 5 heteroatoms. The molecule has 96 valence electrons.